The summed E-state index contributed by atoms with van der Waals surface area (Å²) in [6.45, 7) is 5.98. The van der Waals surface area contributed by atoms with Gasteiger partial charge in [-0.3, -0.25) is 0 Å². The lowest BCUT2D eigenvalue weighted by Gasteiger charge is -2.04. The molecule has 79 valence electrons. The molecule has 0 aliphatic carbocycles. The lowest BCUT2D eigenvalue weighted by Crippen LogP contribution is -1.87. The predicted molar refractivity (Wildman–Crippen MR) is 61.2 cm³/mol. The van der Waals surface area contributed by atoms with E-state index in [1.165, 1.54) is 12.0 Å². The summed E-state index contributed by atoms with van der Waals surface area (Å²) in [7, 11) is 0. The Kier molecular flexibility index (Phi) is 4.61. The minimum Gasteiger partial charge on any atom is -0.453 e. The molecule has 0 aliphatic rings. The fraction of sp³-hybridized carbons (Fsp3) is 0.308. The summed E-state index contributed by atoms with van der Waals surface area (Å²) in [6.07, 6.45) is 3.71. The second-order valence-electron chi connectivity index (χ2n) is 3.62. The summed E-state index contributed by atoms with van der Waals surface area (Å²) in [4.78, 5) is 9.75. The Balaban J connectivity index is 2.56. The summed E-state index contributed by atoms with van der Waals surface area (Å²) in [5, 5.41) is 0. The van der Waals surface area contributed by atoms with Crippen molar-refractivity contribution in [2.24, 2.45) is 0 Å². The second kappa shape index (κ2) is 6.02. The number of benzene rings is 1. The zero-order chi connectivity index (χ0) is 11.1. The molecule has 0 bridgehead atoms. The molecule has 1 rings (SSSR count). The molecule has 1 radical (unpaired) electrons. The van der Waals surface area contributed by atoms with Gasteiger partial charge in [-0.05, 0) is 23.1 Å². The Morgan fingerprint density at radius 2 is 2.00 bits per heavy atom. The van der Waals surface area contributed by atoms with E-state index in [2.05, 4.69) is 42.8 Å². The van der Waals surface area contributed by atoms with Crippen LogP contribution in [0, 0.1) is 0 Å². The first-order valence-corrected chi connectivity index (χ1v) is 4.99. The normalized spacial score (nSPS) is 10.9. The van der Waals surface area contributed by atoms with Gasteiger partial charge >= 0.3 is 6.47 Å². The Hall–Kier alpha value is -1.57. The van der Waals surface area contributed by atoms with Crippen LogP contribution in [0.15, 0.2) is 30.3 Å². The van der Waals surface area contributed by atoms with Gasteiger partial charge in [0.2, 0.25) is 0 Å². The third-order valence-corrected chi connectivity index (χ3v) is 2.15. The van der Waals surface area contributed by atoms with Crippen molar-refractivity contribution in [2.75, 3.05) is 6.61 Å². The van der Waals surface area contributed by atoms with E-state index in [-0.39, 0.29) is 6.61 Å². The van der Waals surface area contributed by atoms with Crippen LogP contribution in [0.2, 0.25) is 0 Å². The summed E-state index contributed by atoms with van der Waals surface area (Å²) in [6, 6.07) is 8.32. The van der Waals surface area contributed by atoms with Gasteiger partial charge in [0.15, 0.2) is 0 Å². The largest absolute Gasteiger partial charge is 0.453 e. The van der Waals surface area contributed by atoms with Crippen LogP contribution in [0.1, 0.15) is 30.9 Å². The molecule has 0 aliphatic heterocycles. The molecule has 0 aromatic heterocycles. The molecule has 0 saturated carbocycles. The molecule has 2 heteroatoms. The molecule has 0 fully saturated rings. The molecule has 1 aromatic carbocycles. The van der Waals surface area contributed by atoms with E-state index in [0.717, 1.165) is 5.56 Å². The van der Waals surface area contributed by atoms with E-state index in [4.69, 9.17) is 0 Å². The van der Waals surface area contributed by atoms with Gasteiger partial charge in [0.1, 0.15) is 6.61 Å². The van der Waals surface area contributed by atoms with Crippen LogP contribution in [-0.2, 0) is 9.53 Å². The first-order valence-electron chi connectivity index (χ1n) is 4.99. The van der Waals surface area contributed by atoms with Gasteiger partial charge in [0, 0.05) is 0 Å². The zero-order valence-electron chi connectivity index (χ0n) is 9.07. The van der Waals surface area contributed by atoms with Crippen molar-refractivity contribution >= 4 is 12.5 Å². The molecule has 0 unspecified atom stereocenters. The molecule has 1 aromatic rings. The van der Waals surface area contributed by atoms with E-state index in [1.807, 2.05) is 6.08 Å². The van der Waals surface area contributed by atoms with Gasteiger partial charge in [-0.25, -0.2) is 4.79 Å². The topological polar surface area (TPSA) is 26.3 Å². The molecular weight excluding hydrogens is 188 g/mol. The van der Waals surface area contributed by atoms with Crippen molar-refractivity contribution in [1.82, 2.24) is 0 Å². The second-order valence-corrected chi connectivity index (χ2v) is 3.62. The quantitative estimate of drug-likeness (QED) is 0.688. The highest BCUT2D eigenvalue weighted by molar-refractivity contribution is 5.50. The molecule has 0 saturated heterocycles. The highest BCUT2D eigenvalue weighted by Crippen LogP contribution is 2.15. The van der Waals surface area contributed by atoms with Gasteiger partial charge in [-0.2, -0.15) is 0 Å². The highest BCUT2D eigenvalue weighted by Gasteiger charge is 1.96. The van der Waals surface area contributed by atoms with Gasteiger partial charge in [0.25, 0.3) is 0 Å². The summed E-state index contributed by atoms with van der Waals surface area (Å²) < 4.78 is 4.42. The van der Waals surface area contributed by atoms with E-state index in [1.54, 1.807) is 6.08 Å². The molecule has 0 heterocycles. The highest BCUT2D eigenvalue weighted by atomic mass is 16.5. The minimum atomic E-state index is 0.273. The maximum Gasteiger partial charge on any atom is 0.417 e. The van der Waals surface area contributed by atoms with Gasteiger partial charge in [-0.1, -0.05) is 44.2 Å². The summed E-state index contributed by atoms with van der Waals surface area (Å²) >= 11 is 0. The van der Waals surface area contributed by atoms with Crippen molar-refractivity contribution < 1.29 is 9.53 Å². The standard InChI is InChI=1S/C13H15O2/c1-11(2)13-7-5-12(6-8-13)4-3-9-15-10-14/h3-8,11H,9H2,1-2H3/b4-3+. The lowest BCUT2D eigenvalue weighted by molar-refractivity contribution is 0.314. The third kappa shape index (κ3) is 3.98. The van der Waals surface area contributed by atoms with Crippen molar-refractivity contribution in [3.8, 4) is 0 Å². The summed E-state index contributed by atoms with van der Waals surface area (Å²) in [5.41, 5.74) is 2.43. The lowest BCUT2D eigenvalue weighted by atomic mass is 10.0. The first kappa shape index (κ1) is 11.5. The zero-order valence-corrected chi connectivity index (χ0v) is 9.07. The SMILES string of the molecule is CC(C)c1ccc(/C=C/CO[C]=O)cc1. The first-order chi connectivity index (χ1) is 7.24. The van der Waals surface area contributed by atoms with Gasteiger partial charge < -0.3 is 4.74 Å². The fourth-order valence-electron chi connectivity index (χ4n) is 1.26. The average Bonchev–Trinajstić information content (AvgIpc) is 2.25. The van der Waals surface area contributed by atoms with Crippen LogP contribution in [0.5, 0.6) is 0 Å². The summed E-state index contributed by atoms with van der Waals surface area (Å²) in [5.74, 6) is 0.552. The van der Waals surface area contributed by atoms with Crippen molar-refractivity contribution in [3.63, 3.8) is 0 Å². The van der Waals surface area contributed by atoms with Crippen LogP contribution in [0.3, 0.4) is 0 Å². The number of rotatable bonds is 5. The van der Waals surface area contributed by atoms with E-state index in [0.29, 0.717) is 5.92 Å². The molecule has 0 amide bonds. The van der Waals surface area contributed by atoms with Gasteiger partial charge in [0.05, 0.1) is 0 Å². The number of ether oxygens (including phenoxy) is 1. The van der Waals surface area contributed by atoms with Gasteiger partial charge in [-0.15, -0.1) is 0 Å². The van der Waals surface area contributed by atoms with E-state index >= 15 is 0 Å². The molecule has 0 spiro atoms. The van der Waals surface area contributed by atoms with Crippen LogP contribution in [0.25, 0.3) is 6.08 Å². The van der Waals surface area contributed by atoms with Crippen molar-refractivity contribution in [3.05, 3.63) is 41.5 Å². The Labute approximate surface area is 90.6 Å². The Morgan fingerprint density at radius 1 is 1.33 bits per heavy atom. The smallest absolute Gasteiger partial charge is 0.417 e. The molecule has 2 nitrogen and oxygen atoms in total. The molecule has 15 heavy (non-hydrogen) atoms. The average molecular weight is 203 g/mol. The molecule has 0 N–H and O–H groups in total. The van der Waals surface area contributed by atoms with Crippen LogP contribution >= 0.6 is 0 Å². The van der Waals surface area contributed by atoms with Crippen LogP contribution in [-0.4, -0.2) is 13.1 Å². The fourth-order valence-corrected chi connectivity index (χ4v) is 1.26. The number of carbonyl (C=O) groups excluding carboxylic acids is 1. The van der Waals surface area contributed by atoms with Crippen LogP contribution in [0.4, 0.5) is 0 Å². The molecular formula is C13H15O2. The van der Waals surface area contributed by atoms with Crippen molar-refractivity contribution in [2.45, 2.75) is 19.8 Å². The number of hydrogen-bond donors (Lipinski definition) is 0. The van der Waals surface area contributed by atoms with E-state index < -0.39 is 0 Å². The minimum absolute atomic E-state index is 0.273. The van der Waals surface area contributed by atoms with Crippen LogP contribution < -0.4 is 0 Å². The monoisotopic (exact) mass is 203 g/mol. The maximum atomic E-state index is 9.75. The van der Waals surface area contributed by atoms with Crippen molar-refractivity contribution in [1.29, 1.82) is 0 Å². The molecule has 0 atom stereocenters. The predicted octanol–water partition coefficient (Wildman–Crippen LogP) is 2.91. The third-order valence-electron chi connectivity index (χ3n) is 2.15. The Morgan fingerprint density at radius 3 is 2.53 bits per heavy atom. The van der Waals surface area contributed by atoms with E-state index in [9.17, 15) is 4.79 Å². The Bertz CT molecular complexity index is 323. The number of hydrogen-bond acceptors (Lipinski definition) is 2. The maximum absolute atomic E-state index is 9.75.